The fourth-order valence-corrected chi connectivity index (χ4v) is 3.39. The summed E-state index contributed by atoms with van der Waals surface area (Å²) < 4.78 is 5.60. The van der Waals surface area contributed by atoms with Crippen LogP contribution in [0.25, 0.3) is 0 Å². The molecule has 1 saturated carbocycles. The summed E-state index contributed by atoms with van der Waals surface area (Å²) >= 11 is 0. The van der Waals surface area contributed by atoms with E-state index in [9.17, 15) is 9.59 Å². The van der Waals surface area contributed by atoms with Crippen molar-refractivity contribution in [3.8, 4) is 0 Å². The molecule has 1 saturated heterocycles. The molecule has 0 aromatic carbocycles. The Kier molecular flexibility index (Phi) is 2.11. The van der Waals surface area contributed by atoms with Gasteiger partial charge in [0.2, 0.25) is 0 Å². The second-order valence-electron chi connectivity index (χ2n) is 5.24. The van der Waals surface area contributed by atoms with Crippen molar-refractivity contribution >= 4 is 11.8 Å². The molecule has 19 heavy (non-hydrogen) atoms. The van der Waals surface area contributed by atoms with Gasteiger partial charge in [-0.2, -0.15) is 0 Å². The van der Waals surface area contributed by atoms with Crippen molar-refractivity contribution in [1.29, 1.82) is 0 Å². The van der Waals surface area contributed by atoms with Crippen LogP contribution in [0.5, 0.6) is 0 Å². The van der Waals surface area contributed by atoms with Gasteiger partial charge in [0.15, 0.2) is 0 Å². The third-order valence-corrected chi connectivity index (χ3v) is 4.39. The molecule has 1 aliphatic carbocycles. The van der Waals surface area contributed by atoms with Crippen LogP contribution in [-0.4, -0.2) is 46.5 Å². The molecule has 0 spiro atoms. The summed E-state index contributed by atoms with van der Waals surface area (Å²) in [5.41, 5.74) is 6.69. The number of hydrogen-bond acceptors (Lipinski definition) is 5. The van der Waals surface area contributed by atoms with Gasteiger partial charge in [-0.05, 0) is 18.6 Å². The molecule has 4 atom stereocenters. The Bertz CT molecular complexity index is 553. The predicted octanol–water partition coefficient (Wildman–Crippen LogP) is -0.208. The molecule has 6 heteroatoms. The Morgan fingerprint density at radius 3 is 3.00 bits per heavy atom. The van der Waals surface area contributed by atoms with E-state index in [4.69, 9.17) is 10.5 Å². The summed E-state index contributed by atoms with van der Waals surface area (Å²) in [6, 6.07) is 2.75. The average Bonchev–Trinajstić information content (AvgIpc) is 2.96. The van der Waals surface area contributed by atoms with E-state index >= 15 is 0 Å². The van der Waals surface area contributed by atoms with Gasteiger partial charge in [-0.3, -0.25) is 19.5 Å². The fourth-order valence-electron chi connectivity index (χ4n) is 3.39. The SMILES string of the molecule is NC1C2CCOC2C1N1C(=O)c2cccnc2C1=O. The van der Waals surface area contributed by atoms with Crippen LogP contribution >= 0.6 is 0 Å². The molecule has 2 N–H and O–H groups in total. The Morgan fingerprint density at radius 1 is 1.37 bits per heavy atom. The highest BCUT2D eigenvalue weighted by Crippen LogP contribution is 2.42. The second kappa shape index (κ2) is 3.61. The van der Waals surface area contributed by atoms with Gasteiger partial charge < -0.3 is 10.5 Å². The summed E-state index contributed by atoms with van der Waals surface area (Å²) in [4.78, 5) is 29.9. The zero-order chi connectivity index (χ0) is 13.1. The van der Waals surface area contributed by atoms with Crippen molar-refractivity contribution in [3.63, 3.8) is 0 Å². The highest BCUT2D eigenvalue weighted by molar-refractivity contribution is 6.20. The molecule has 0 radical (unpaired) electrons. The van der Waals surface area contributed by atoms with Crippen molar-refractivity contribution in [2.24, 2.45) is 11.7 Å². The highest BCUT2D eigenvalue weighted by Gasteiger charge is 2.59. The fraction of sp³-hybridized carbons (Fsp3) is 0.462. The van der Waals surface area contributed by atoms with Gasteiger partial charge in [0.05, 0.1) is 17.7 Å². The standard InChI is InChI=1S/C13H13N3O3/c14-8-6-3-5-19-11(6)10(8)16-12(17)7-2-1-4-15-9(7)13(16)18/h1-2,4,6,8,10-11H,3,5,14H2. The lowest BCUT2D eigenvalue weighted by Crippen LogP contribution is -2.69. The first kappa shape index (κ1) is 11.1. The van der Waals surface area contributed by atoms with Gasteiger partial charge in [-0.15, -0.1) is 0 Å². The molecule has 98 valence electrons. The number of hydrogen-bond donors (Lipinski definition) is 1. The van der Waals surface area contributed by atoms with Crippen LogP contribution in [0, 0.1) is 5.92 Å². The van der Waals surface area contributed by atoms with Crippen LogP contribution in [-0.2, 0) is 4.74 Å². The zero-order valence-corrected chi connectivity index (χ0v) is 10.2. The highest BCUT2D eigenvalue weighted by atomic mass is 16.5. The van der Waals surface area contributed by atoms with Gasteiger partial charge in [-0.25, -0.2) is 0 Å². The number of imide groups is 1. The van der Waals surface area contributed by atoms with E-state index in [2.05, 4.69) is 4.98 Å². The minimum Gasteiger partial charge on any atom is -0.376 e. The molecule has 4 rings (SSSR count). The van der Waals surface area contributed by atoms with E-state index in [0.717, 1.165) is 6.42 Å². The number of amides is 2. The lowest BCUT2D eigenvalue weighted by Gasteiger charge is -2.48. The summed E-state index contributed by atoms with van der Waals surface area (Å²) in [6.07, 6.45) is 2.32. The third-order valence-electron chi connectivity index (χ3n) is 4.39. The minimum absolute atomic E-state index is 0.0998. The predicted molar refractivity (Wildman–Crippen MR) is 64.3 cm³/mol. The van der Waals surface area contributed by atoms with Crippen LogP contribution in [0.1, 0.15) is 27.3 Å². The van der Waals surface area contributed by atoms with Crippen LogP contribution in [0.2, 0.25) is 0 Å². The maximum Gasteiger partial charge on any atom is 0.280 e. The molecule has 6 nitrogen and oxygen atoms in total. The van der Waals surface area contributed by atoms with Crippen LogP contribution < -0.4 is 5.73 Å². The Labute approximate surface area is 109 Å². The molecule has 2 fully saturated rings. The monoisotopic (exact) mass is 259 g/mol. The second-order valence-corrected chi connectivity index (χ2v) is 5.24. The largest absolute Gasteiger partial charge is 0.376 e. The molecule has 4 unspecified atom stereocenters. The first-order valence-electron chi connectivity index (χ1n) is 6.40. The minimum atomic E-state index is -0.352. The summed E-state index contributed by atoms with van der Waals surface area (Å²) in [5, 5.41) is 0. The average molecular weight is 259 g/mol. The third kappa shape index (κ3) is 1.25. The number of pyridine rings is 1. The Balaban J connectivity index is 1.71. The van der Waals surface area contributed by atoms with Gasteiger partial charge in [0.1, 0.15) is 5.69 Å². The molecule has 1 aromatic heterocycles. The Hall–Kier alpha value is -1.79. The van der Waals surface area contributed by atoms with Gasteiger partial charge in [0, 0.05) is 24.8 Å². The summed E-state index contributed by atoms with van der Waals surface area (Å²) in [6.45, 7) is 0.654. The number of aromatic nitrogens is 1. The molecule has 2 amide bonds. The number of fused-ring (bicyclic) bond motifs is 2. The first-order valence-corrected chi connectivity index (χ1v) is 6.40. The molecule has 0 bridgehead atoms. The lowest BCUT2D eigenvalue weighted by atomic mass is 9.71. The molecule has 3 aliphatic rings. The number of ether oxygens (including phenoxy) is 1. The van der Waals surface area contributed by atoms with E-state index in [1.807, 2.05) is 0 Å². The maximum atomic E-state index is 12.3. The van der Waals surface area contributed by atoms with Crippen LogP contribution in [0.3, 0.4) is 0 Å². The number of carbonyl (C=O) groups is 2. The zero-order valence-electron chi connectivity index (χ0n) is 10.2. The lowest BCUT2D eigenvalue weighted by molar-refractivity contribution is -0.0533. The van der Waals surface area contributed by atoms with E-state index in [0.29, 0.717) is 12.2 Å². The van der Waals surface area contributed by atoms with Crippen LogP contribution in [0.15, 0.2) is 18.3 Å². The van der Waals surface area contributed by atoms with E-state index in [1.165, 1.54) is 11.1 Å². The molecule has 1 aromatic rings. The van der Waals surface area contributed by atoms with Gasteiger partial charge in [-0.1, -0.05) is 0 Å². The first-order chi connectivity index (χ1) is 9.20. The maximum absolute atomic E-state index is 12.3. The van der Waals surface area contributed by atoms with Gasteiger partial charge >= 0.3 is 0 Å². The van der Waals surface area contributed by atoms with Crippen molar-refractivity contribution in [2.45, 2.75) is 24.6 Å². The topological polar surface area (TPSA) is 85.5 Å². The van der Waals surface area contributed by atoms with Crippen LogP contribution in [0.4, 0.5) is 0 Å². The molecular weight excluding hydrogens is 246 g/mol. The number of nitrogens with two attached hydrogens (primary N) is 1. The van der Waals surface area contributed by atoms with Crippen molar-refractivity contribution in [3.05, 3.63) is 29.6 Å². The van der Waals surface area contributed by atoms with Crippen molar-refractivity contribution in [1.82, 2.24) is 9.88 Å². The Morgan fingerprint density at radius 2 is 2.21 bits per heavy atom. The van der Waals surface area contributed by atoms with Crippen molar-refractivity contribution < 1.29 is 14.3 Å². The quantitative estimate of drug-likeness (QED) is 0.705. The molecule has 3 heterocycles. The summed E-state index contributed by atoms with van der Waals surface area (Å²) in [7, 11) is 0. The molecular formula is C13H13N3O3. The van der Waals surface area contributed by atoms with E-state index in [-0.39, 0.29) is 41.6 Å². The van der Waals surface area contributed by atoms with E-state index < -0.39 is 0 Å². The molecule has 2 aliphatic heterocycles. The van der Waals surface area contributed by atoms with Gasteiger partial charge in [0.25, 0.3) is 11.8 Å². The smallest absolute Gasteiger partial charge is 0.280 e. The number of carbonyl (C=O) groups excluding carboxylic acids is 2. The number of nitrogens with zero attached hydrogens (tertiary/aromatic N) is 2. The summed E-state index contributed by atoms with van der Waals surface area (Å²) in [5.74, 6) is -0.389. The van der Waals surface area contributed by atoms with E-state index in [1.54, 1.807) is 12.1 Å². The number of rotatable bonds is 1. The van der Waals surface area contributed by atoms with Crippen molar-refractivity contribution in [2.75, 3.05) is 6.61 Å². The normalized spacial score (nSPS) is 36.2.